The average molecular weight is 430 g/mol. The summed E-state index contributed by atoms with van der Waals surface area (Å²) < 4.78 is 26.0. The normalized spacial score (nSPS) is 14.8. The van der Waals surface area contributed by atoms with E-state index in [-0.39, 0.29) is 16.6 Å². The van der Waals surface area contributed by atoms with Crippen molar-refractivity contribution in [1.29, 1.82) is 0 Å². The van der Waals surface area contributed by atoms with E-state index in [1.165, 1.54) is 26.2 Å². The standard InChI is InChI=1S/C22H27N3O4S/c1-16-5-10-20(30(28,29)23(3)4)15-21(16)22(27)25-13-11-24(12-14-25)19-8-6-18(7-9-19)17(2)26/h5-10,15H,11-14H2,1-4H3. The Bertz CT molecular complexity index is 1050. The zero-order valence-electron chi connectivity index (χ0n) is 17.8. The molecule has 7 nitrogen and oxygen atoms in total. The molecule has 0 atom stereocenters. The fraction of sp³-hybridized carbons (Fsp3) is 0.364. The fourth-order valence-electron chi connectivity index (χ4n) is 3.45. The Morgan fingerprint density at radius 2 is 1.53 bits per heavy atom. The summed E-state index contributed by atoms with van der Waals surface area (Å²) in [4.78, 5) is 28.6. The van der Waals surface area contributed by atoms with Crippen molar-refractivity contribution < 1.29 is 18.0 Å². The van der Waals surface area contributed by atoms with Crippen LogP contribution in [-0.2, 0) is 10.0 Å². The Hall–Kier alpha value is -2.71. The molecule has 1 aliphatic heterocycles. The van der Waals surface area contributed by atoms with Gasteiger partial charge in [-0.05, 0) is 55.8 Å². The number of Topliss-reactive ketones (excluding diaryl/α,β-unsaturated/α-hetero) is 1. The first-order valence-electron chi connectivity index (χ1n) is 9.79. The first kappa shape index (κ1) is 22.0. The SMILES string of the molecule is CC(=O)c1ccc(N2CCN(C(=O)c3cc(S(=O)(=O)N(C)C)ccc3C)CC2)cc1. The lowest BCUT2D eigenvalue weighted by Crippen LogP contribution is -2.49. The Morgan fingerprint density at radius 3 is 2.07 bits per heavy atom. The van der Waals surface area contributed by atoms with Crippen molar-refractivity contribution in [3.8, 4) is 0 Å². The summed E-state index contributed by atoms with van der Waals surface area (Å²) in [6.07, 6.45) is 0. The molecule has 1 aliphatic rings. The molecule has 1 amide bonds. The van der Waals surface area contributed by atoms with E-state index in [4.69, 9.17) is 0 Å². The molecule has 0 N–H and O–H groups in total. The number of nitrogens with zero attached hydrogens (tertiary/aromatic N) is 3. The summed E-state index contributed by atoms with van der Waals surface area (Å²) in [6, 6.07) is 12.2. The molecule has 0 aliphatic carbocycles. The molecule has 0 unspecified atom stereocenters. The highest BCUT2D eigenvalue weighted by molar-refractivity contribution is 7.89. The second kappa shape index (κ2) is 8.57. The number of aryl methyl sites for hydroxylation is 1. The molecule has 160 valence electrons. The molecule has 0 saturated carbocycles. The van der Waals surface area contributed by atoms with Gasteiger partial charge in [0.05, 0.1) is 4.90 Å². The molecule has 0 aromatic heterocycles. The summed E-state index contributed by atoms with van der Waals surface area (Å²) in [5.74, 6) is -0.124. The number of benzene rings is 2. The van der Waals surface area contributed by atoms with Crippen LogP contribution in [-0.4, -0.2) is 69.6 Å². The number of hydrogen-bond donors (Lipinski definition) is 0. The number of amides is 1. The Labute approximate surface area is 177 Å². The van der Waals surface area contributed by atoms with Crippen LogP contribution in [0.5, 0.6) is 0 Å². The fourth-order valence-corrected chi connectivity index (χ4v) is 4.38. The third-order valence-electron chi connectivity index (χ3n) is 5.42. The maximum Gasteiger partial charge on any atom is 0.254 e. The van der Waals surface area contributed by atoms with Crippen LogP contribution in [0, 0.1) is 6.92 Å². The molecule has 1 saturated heterocycles. The Balaban J connectivity index is 1.73. The van der Waals surface area contributed by atoms with E-state index in [2.05, 4.69) is 4.90 Å². The van der Waals surface area contributed by atoms with E-state index in [0.29, 0.717) is 37.3 Å². The van der Waals surface area contributed by atoms with Crippen molar-refractivity contribution in [3.63, 3.8) is 0 Å². The molecule has 3 rings (SSSR count). The number of ketones is 1. The number of sulfonamides is 1. The molecule has 1 fully saturated rings. The monoisotopic (exact) mass is 429 g/mol. The van der Waals surface area contributed by atoms with Gasteiger partial charge in [0, 0.05) is 57.1 Å². The molecule has 0 bridgehead atoms. The lowest BCUT2D eigenvalue weighted by atomic mass is 10.1. The number of piperazine rings is 1. The van der Waals surface area contributed by atoms with Crippen molar-refractivity contribution in [2.24, 2.45) is 0 Å². The Kier molecular flexibility index (Phi) is 6.28. The van der Waals surface area contributed by atoms with E-state index in [1.54, 1.807) is 17.9 Å². The highest BCUT2D eigenvalue weighted by Gasteiger charge is 2.25. The minimum Gasteiger partial charge on any atom is -0.368 e. The van der Waals surface area contributed by atoms with Gasteiger partial charge in [-0.1, -0.05) is 6.07 Å². The van der Waals surface area contributed by atoms with Crippen LogP contribution in [0.1, 0.15) is 33.2 Å². The lowest BCUT2D eigenvalue weighted by Gasteiger charge is -2.36. The van der Waals surface area contributed by atoms with Gasteiger partial charge in [0.25, 0.3) is 5.91 Å². The van der Waals surface area contributed by atoms with Crippen LogP contribution in [0.3, 0.4) is 0 Å². The summed E-state index contributed by atoms with van der Waals surface area (Å²) in [6.45, 7) is 5.76. The van der Waals surface area contributed by atoms with Crippen LogP contribution in [0.25, 0.3) is 0 Å². The topological polar surface area (TPSA) is 78.0 Å². The van der Waals surface area contributed by atoms with E-state index in [9.17, 15) is 18.0 Å². The quantitative estimate of drug-likeness (QED) is 0.682. The molecule has 2 aromatic carbocycles. The predicted molar refractivity (Wildman–Crippen MR) is 117 cm³/mol. The molecule has 8 heteroatoms. The zero-order chi connectivity index (χ0) is 22.1. The van der Waals surface area contributed by atoms with Crippen LogP contribution in [0.4, 0.5) is 5.69 Å². The van der Waals surface area contributed by atoms with E-state index in [1.807, 2.05) is 31.2 Å². The molecule has 1 heterocycles. The van der Waals surface area contributed by atoms with Gasteiger partial charge >= 0.3 is 0 Å². The minimum atomic E-state index is -3.60. The third-order valence-corrected chi connectivity index (χ3v) is 7.23. The number of anilines is 1. The average Bonchev–Trinajstić information content (AvgIpc) is 2.73. The maximum absolute atomic E-state index is 13.1. The highest BCUT2D eigenvalue weighted by atomic mass is 32.2. The van der Waals surface area contributed by atoms with Gasteiger partial charge < -0.3 is 9.80 Å². The predicted octanol–water partition coefficient (Wildman–Crippen LogP) is 2.41. The zero-order valence-corrected chi connectivity index (χ0v) is 18.6. The van der Waals surface area contributed by atoms with Gasteiger partial charge in [0.15, 0.2) is 5.78 Å². The first-order valence-corrected chi connectivity index (χ1v) is 11.2. The van der Waals surface area contributed by atoms with Crippen molar-refractivity contribution in [2.75, 3.05) is 45.2 Å². The van der Waals surface area contributed by atoms with Gasteiger partial charge in [0.1, 0.15) is 0 Å². The van der Waals surface area contributed by atoms with Gasteiger partial charge in [-0.2, -0.15) is 0 Å². The van der Waals surface area contributed by atoms with E-state index < -0.39 is 10.0 Å². The second-order valence-corrected chi connectivity index (χ2v) is 9.80. The number of carbonyl (C=O) groups excluding carboxylic acids is 2. The van der Waals surface area contributed by atoms with Crippen molar-refractivity contribution in [3.05, 3.63) is 59.2 Å². The number of rotatable bonds is 5. The highest BCUT2D eigenvalue weighted by Crippen LogP contribution is 2.22. The lowest BCUT2D eigenvalue weighted by molar-refractivity contribution is 0.0745. The molecular weight excluding hydrogens is 402 g/mol. The molecule has 30 heavy (non-hydrogen) atoms. The smallest absolute Gasteiger partial charge is 0.254 e. The van der Waals surface area contributed by atoms with Gasteiger partial charge in [-0.25, -0.2) is 12.7 Å². The minimum absolute atomic E-state index is 0.0332. The van der Waals surface area contributed by atoms with Crippen molar-refractivity contribution in [1.82, 2.24) is 9.21 Å². The summed E-state index contributed by atoms with van der Waals surface area (Å²) >= 11 is 0. The van der Waals surface area contributed by atoms with Gasteiger partial charge in [-0.15, -0.1) is 0 Å². The summed E-state index contributed by atoms with van der Waals surface area (Å²) in [7, 11) is -0.662. The molecule has 2 aromatic rings. The van der Waals surface area contributed by atoms with E-state index >= 15 is 0 Å². The van der Waals surface area contributed by atoms with Crippen LogP contribution in [0.2, 0.25) is 0 Å². The van der Waals surface area contributed by atoms with Crippen LogP contribution >= 0.6 is 0 Å². The van der Waals surface area contributed by atoms with Crippen molar-refractivity contribution in [2.45, 2.75) is 18.7 Å². The van der Waals surface area contributed by atoms with Crippen molar-refractivity contribution >= 4 is 27.4 Å². The maximum atomic E-state index is 13.1. The molecule has 0 spiro atoms. The third kappa shape index (κ3) is 4.39. The summed E-state index contributed by atoms with van der Waals surface area (Å²) in [5.41, 5.74) is 2.86. The first-order chi connectivity index (χ1) is 14.1. The molecule has 0 radical (unpaired) electrons. The second-order valence-electron chi connectivity index (χ2n) is 7.65. The van der Waals surface area contributed by atoms with Crippen LogP contribution in [0.15, 0.2) is 47.4 Å². The van der Waals surface area contributed by atoms with Gasteiger partial charge in [0.2, 0.25) is 10.0 Å². The number of hydrogen-bond acceptors (Lipinski definition) is 5. The van der Waals surface area contributed by atoms with Gasteiger partial charge in [-0.3, -0.25) is 9.59 Å². The summed E-state index contributed by atoms with van der Waals surface area (Å²) in [5, 5.41) is 0. The number of carbonyl (C=O) groups is 2. The van der Waals surface area contributed by atoms with E-state index in [0.717, 1.165) is 15.6 Å². The molecular formula is C22H27N3O4S. The largest absolute Gasteiger partial charge is 0.368 e. The Morgan fingerprint density at radius 1 is 0.933 bits per heavy atom. The van der Waals surface area contributed by atoms with Crippen LogP contribution < -0.4 is 4.90 Å².